The van der Waals surface area contributed by atoms with E-state index in [9.17, 15) is 9.59 Å². The summed E-state index contributed by atoms with van der Waals surface area (Å²) >= 11 is 7.07. The fraction of sp³-hybridized carbons (Fsp3) is 0.500. The van der Waals surface area contributed by atoms with Crippen LogP contribution in [0.5, 0.6) is 5.75 Å². The number of carbonyl (C=O) groups is 2. The number of likely N-dealkylation sites (tertiary alicyclic amines) is 1. The number of rotatable bonds is 6. The molecule has 9 nitrogen and oxygen atoms in total. The summed E-state index contributed by atoms with van der Waals surface area (Å²) in [4.78, 5) is 26.2. The maximum Gasteiger partial charge on any atom is 0.410 e. The van der Waals surface area contributed by atoms with Crippen LogP contribution in [-0.2, 0) is 11.3 Å². The summed E-state index contributed by atoms with van der Waals surface area (Å²) in [6, 6.07) is 6.50. The lowest BCUT2D eigenvalue weighted by Crippen LogP contribution is -2.45. The minimum atomic E-state index is -0.554. The smallest absolute Gasteiger partial charge is 0.410 e. The van der Waals surface area contributed by atoms with Crippen molar-refractivity contribution in [3.8, 4) is 5.75 Å². The third-order valence-corrected chi connectivity index (χ3v) is 5.43. The van der Waals surface area contributed by atoms with Crippen molar-refractivity contribution in [3.05, 3.63) is 34.3 Å². The van der Waals surface area contributed by atoms with Crippen LogP contribution in [0.15, 0.2) is 24.3 Å². The zero-order chi connectivity index (χ0) is 22.4. The predicted octanol–water partition coefficient (Wildman–Crippen LogP) is 4.29. The van der Waals surface area contributed by atoms with E-state index in [0.29, 0.717) is 34.0 Å². The van der Waals surface area contributed by atoms with Crippen LogP contribution in [0.1, 0.15) is 38.6 Å². The van der Waals surface area contributed by atoms with Crippen LogP contribution in [0, 0.1) is 0 Å². The molecule has 1 aromatic carbocycles. The highest BCUT2D eigenvalue weighted by molar-refractivity contribution is 7.15. The SMILES string of the molecule is CC(C)(C)OC(=O)N1CCCC1CNC(=O)Nc1nnc(COc2ccc(Cl)cc2)s1. The number of hydrogen-bond acceptors (Lipinski definition) is 7. The highest BCUT2D eigenvalue weighted by Gasteiger charge is 2.32. The summed E-state index contributed by atoms with van der Waals surface area (Å²) in [6.45, 7) is 6.68. The van der Waals surface area contributed by atoms with Gasteiger partial charge in [0.05, 0.1) is 6.04 Å². The maximum atomic E-state index is 12.3. The van der Waals surface area contributed by atoms with Crippen LogP contribution in [0.2, 0.25) is 5.02 Å². The summed E-state index contributed by atoms with van der Waals surface area (Å²) in [5.41, 5.74) is -0.554. The second-order valence-electron chi connectivity index (χ2n) is 8.05. The van der Waals surface area contributed by atoms with E-state index in [2.05, 4.69) is 20.8 Å². The molecule has 3 rings (SSSR count). The van der Waals surface area contributed by atoms with Crippen LogP contribution in [0.4, 0.5) is 14.7 Å². The van der Waals surface area contributed by atoms with Gasteiger partial charge in [0.15, 0.2) is 5.01 Å². The van der Waals surface area contributed by atoms with Gasteiger partial charge in [-0.3, -0.25) is 5.32 Å². The molecular formula is C20H26ClN5O4S. The first kappa shape index (κ1) is 23.1. The van der Waals surface area contributed by atoms with Gasteiger partial charge in [0.25, 0.3) is 0 Å². The van der Waals surface area contributed by atoms with Crippen molar-refractivity contribution in [1.82, 2.24) is 20.4 Å². The molecule has 2 heterocycles. The summed E-state index contributed by atoms with van der Waals surface area (Å²) in [5, 5.41) is 15.0. The molecule has 168 valence electrons. The minimum Gasteiger partial charge on any atom is -0.486 e. The number of nitrogens with zero attached hydrogens (tertiary/aromatic N) is 3. The zero-order valence-electron chi connectivity index (χ0n) is 17.7. The van der Waals surface area contributed by atoms with Crippen molar-refractivity contribution in [2.45, 2.75) is 51.9 Å². The van der Waals surface area contributed by atoms with Crippen LogP contribution in [-0.4, -0.2) is 52.0 Å². The van der Waals surface area contributed by atoms with Gasteiger partial charge in [-0.2, -0.15) is 0 Å². The fourth-order valence-electron chi connectivity index (χ4n) is 3.00. The van der Waals surface area contributed by atoms with Crippen LogP contribution >= 0.6 is 22.9 Å². The maximum absolute atomic E-state index is 12.3. The van der Waals surface area contributed by atoms with E-state index in [1.54, 1.807) is 29.2 Å². The molecule has 1 unspecified atom stereocenters. The second kappa shape index (κ2) is 10.1. The first-order valence-corrected chi connectivity index (χ1v) is 11.1. The summed E-state index contributed by atoms with van der Waals surface area (Å²) in [6.07, 6.45) is 1.33. The lowest BCUT2D eigenvalue weighted by atomic mass is 10.2. The molecule has 0 bridgehead atoms. The van der Waals surface area contributed by atoms with Gasteiger partial charge in [0.1, 0.15) is 18.0 Å². The molecule has 11 heteroatoms. The van der Waals surface area contributed by atoms with Crippen molar-refractivity contribution in [1.29, 1.82) is 0 Å². The van der Waals surface area contributed by atoms with Crippen molar-refractivity contribution >= 4 is 40.2 Å². The first-order chi connectivity index (χ1) is 14.7. The number of urea groups is 1. The largest absolute Gasteiger partial charge is 0.486 e. The topological polar surface area (TPSA) is 106 Å². The van der Waals surface area contributed by atoms with E-state index < -0.39 is 11.6 Å². The molecule has 1 saturated heterocycles. The van der Waals surface area contributed by atoms with Crippen molar-refractivity contribution in [2.75, 3.05) is 18.4 Å². The predicted molar refractivity (Wildman–Crippen MR) is 119 cm³/mol. The van der Waals surface area contributed by atoms with Crippen LogP contribution < -0.4 is 15.4 Å². The summed E-state index contributed by atoms with van der Waals surface area (Å²) < 4.78 is 11.1. The molecule has 1 atom stereocenters. The van der Waals surface area contributed by atoms with E-state index >= 15 is 0 Å². The van der Waals surface area contributed by atoms with E-state index in [4.69, 9.17) is 21.1 Å². The highest BCUT2D eigenvalue weighted by atomic mass is 35.5. The van der Waals surface area contributed by atoms with Gasteiger partial charge in [-0.1, -0.05) is 22.9 Å². The average Bonchev–Trinajstić information content (AvgIpc) is 3.34. The van der Waals surface area contributed by atoms with E-state index in [1.807, 2.05) is 20.8 Å². The van der Waals surface area contributed by atoms with E-state index in [0.717, 1.165) is 12.8 Å². The Morgan fingerprint density at radius 2 is 2.00 bits per heavy atom. The molecule has 0 saturated carbocycles. The normalized spacial score (nSPS) is 16.1. The monoisotopic (exact) mass is 467 g/mol. The number of halogens is 1. The van der Waals surface area contributed by atoms with Gasteiger partial charge in [0.2, 0.25) is 5.13 Å². The Kier molecular flexibility index (Phi) is 7.55. The second-order valence-corrected chi connectivity index (χ2v) is 9.55. The van der Waals surface area contributed by atoms with Gasteiger partial charge in [0, 0.05) is 18.1 Å². The van der Waals surface area contributed by atoms with Gasteiger partial charge >= 0.3 is 12.1 Å². The minimum absolute atomic E-state index is 0.0987. The van der Waals surface area contributed by atoms with Gasteiger partial charge in [-0.15, -0.1) is 10.2 Å². The number of aromatic nitrogens is 2. The van der Waals surface area contributed by atoms with E-state index in [1.165, 1.54) is 11.3 Å². The molecular weight excluding hydrogens is 442 g/mol. The van der Waals surface area contributed by atoms with Gasteiger partial charge in [-0.25, -0.2) is 9.59 Å². The Hall–Kier alpha value is -2.59. The molecule has 1 fully saturated rings. The summed E-state index contributed by atoms with van der Waals surface area (Å²) in [5.74, 6) is 0.665. The number of benzene rings is 1. The van der Waals surface area contributed by atoms with E-state index in [-0.39, 0.29) is 18.7 Å². The molecule has 1 aliphatic rings. The lowest BCUT2D eigenvalue weighted by Gasteiger charge is -2.28. The Morgan fingerprint density at radius 1 is 1.26 bits per heavy atom. The fourth-order valence-corrected chi connectivity index (χ4v) is 3.77. The Labute approximate surface area is 190 Å². The highest BCUT2D eigenvalue weighted by Crippen LogP contribution is 2.21. The standard InChI is InChI=1S/C20H26ClN5O4S/c1-20(2,3)30-19(28)26-10-4-5-14(26)11-22-17(27)23-18-25-24-16(31-18)12-29-15-8-6-13(21)7-9-15/h6-9,14H,4-5,10-12H2,1-3H3,(H2,22,23,25,27). The molecule has 2 aromatic rings. The molecule has 1 aromatic heterocycles. The molecule has 1 aliphatic heterocycles. The molecule has 0 spiro atoms. The molecule has 0 radical (unpaired) electrons. The van der Waals surface area contributed by atoms with Crippen molar-refractivity contribution < 1.29 is 19.1 Å². The Morgan fingerprint density at radius 3 is 2.71 bits per heavy atom. The molecule has 2 N–H and O–H groups in total. The third-order valence-electron chi connectivity index (χ3n) is 4.37. The quantitative estimate of drug-likeness (QED) is 0.656. The van der Waals surface area contributed by atoms with Gasteiger partial charge < -0.3 is 19.7 Å². The summed E-state index contributed by atoms with van der Waals surface area (Å²) in [7, 11) is 0. The number of anilines is 1. The average molecular weight is 468 g/mol. The Balaban J connectivity index is 1.43. The Bertz CT molecular complexity index is 900. The zero-order valence-corrected chi connectivity index (χ0v) is 19.3. The number of ether oxygens (including phenoxy) is 2. The number of nitrogens with one attached hydrogen (secondary N) is 2. The molecule has 3 amide bonds. The lowest BCUT2D eigenvalue weighted by molar-refractivity contribution is 0.0228. The third kappa shape index (κ3) is 7.25. The van der Waals surface area contributed by atoms with Crippen molar-refractivity contribution in [3.63, 3.8) is 0 Å². The van der Waals surface area contributed by atoms with Crippen LogP contribution in [0.3, 0.4) is 0 Å². The first-order valence-electron chi connectivity index (χ1n) is 9.95. The van der Waals surface area contributed by atoms with Gasteiger partial charge in [-0.05, 0) is 57.9 Å². The van der Waals surface area contributed by atoms with Crippen LogP contribution in [0.25, 0.3) is 0 Å². The molecule has 31 heavy (non-hydrogen) atoms. The number of hydrogen-bond donors (Lipinski definition) is 2. The number of amides is 3. The molecule has 0 aliphatic carbocycles. The number of carbonyl (C=O) groups excluding carboxylic acids is 2. The van der Waals surface area contributed by atoms with Crippen molar-refractivity contribution in [2.24, 2.45) is 0 Å².